The van der Waals surface area contributed by atoms with E-state index in [1.54, 1.807) is 18.2 Å². The minimum atomic E-state index is -0.454. The molecule has 0 bridgehead atoms. The van der Waals surface area contributed by atoms with Gasteiger partial charge in [-0.25, -0.2) is 0 Å². The van der Waals surface area contributed by atoms with Crippen molar-refractivity contribution in [1.82, 2.24) is 0 Å². The quantitative estimate of drug-likeness (QED) is 0.195. The molecule has 0 aliphatic carbocycles. The topological polar surface area (TPSA) is 83.2 Å². The van der Waals surface area contributed by atoms with E-state index in [-0.39, 0.29) is 18.9 Å². The Morgan fingerprint density at radius 3 is 2.88 bits per heavy atom. The Bertz CT molecular complexity index is 861. The van der Waals surface area contributed by atoms with E-state index in [9.17, 15) is 10.1 Å². The average molecular weight is 466 g/mol. The first-order valence-electron chi connectivity index (χ1n) is 7.37. The van der Waals surface area contributed by atoms with Crippen LogP contribution < -0.4 is 9.47 Å². The van der Waals surface area contributed by atoms with Crippen molar-refractivity contribution < 1.29 is 19.2 Å². The number of methoxy groups -OCH3 is 1. The fraction of sp³-hybridized carbons (Fsp3) is 0.167. The molecule has 0 unspecified atom stereocenters. The average Bonchev–Trinajstić information content (AvgIpc) is 2.64. The van der Waals surface area contributed by atoms with Crippen LogP contribution in [-0.4, -0.2) is 24.9 Å². The monoisotopic (exact) mass is 466 g/mol. The lowest BCUT2D eigenvalue weighted by atomic mass is 10.2. The smallest absolute Gasteiger partial charge is 0.269 e. The number of rotatable bonds is 8. The Hall–Kier alpha value is -2.80. The van der Waals surface area contributed by atoms with Gasteiger partial charge in [-0.15, -0.1) is 6.42 Å². The normalized spacial score (nSPS) is 10.3. The molecule has 0 atom stereocenters. The van der Waals surface area contributed by atoms with Gasteiger partial charge in [0, 0.05) is 17.7 Å². The molecule has 0 saturated carbocycles. The molecule has 0 aliphatic heterocycles. The van der Waals surface area contributed by atoms with Gasteiger partial charge in [0.1, 0.15) is 13.2 Å². The van der Waals surface area contributed by atoms with E-state index in [0.29, 0.717) is 17.1 Å². The molecule has 0 fully saturated rings. The van der Waals surface area contributed by atoms with Gasteiger partial charge in [-0.05, 0) is 40.3 Å². The number of halogens is 1. The first-order chi connectivity index (χ1) is 12.5. The predicted octanol–water partition coefficient (Wildman–Crippen LogP) is 3.77. The van der Waals surface area contributed by atoms with Crippen molar-refractivity contribution in [1.29, 1.82) is 0 Å². The highest BCUT2D eigenvalue weighted by molar-refractivity contribution is 14.1. The van der Waals surface area contributed by atoms with Crippen LogP contribution in [0.1, 0.15) is 11.1 Å². The van der Waals surface area contributed by atoms with E-state index < -0.39 is 4.92 Å². The molecular formula is C18H15IN2O5. The van der Waals surface area contributed by atoms with Gasteiger partial charge in [-0.1, -0.05) is 23.2 Å². The lowest BCUT2D eigenvalue weighted by molar-refractivity contribution is -0.384. The molecule has 0 N–H and O–H groups in total. The molecule has 8 heteroatoms. The van der Waals surface area contributed by atoms with Crippen molar-refractivity contribution in [3.63, 3.8) is 0 Å². The number of hydrogen-bond donors (Lipinski definition) is 0. The molecule has 2 aromatic rings. The van der Waals surface area contributed by atoms with Crippen LogP contribution in [0.5, 0.6) is 11.5 Å². The molecular weight excluding hydrogens is 451 g/mol. The number of non-ortho nitro benzene ring substituents is 1. The second kappa shape index (κ2) is 9.62. The highest BCUT2D eigenvalue weighted by Gasteiger charge is 2.11. The fourth-order valence-electron chi connectivity index (χ4n) is 2.04. The number of nitro benzene ring substituents is 1. The maximum atomic E-state index is 10.8. The van der Waals surface area contributed by atoms with E-state index >= 15 is 0 Å². The third-order valence-corrected chi connectivity index (χ3v) is 3.98. The van der Waals surface area contributed by atoms with E-state index in [4.69, 9.17) is 20.7 Å². The Balaban J connectivity index is 2.04. The van der Waals surface area contributed by atoms with Gasteiger partial charge in [0.2, 0.25) is 0 Å². The first kappa shape index (κ1) is 19.5. The number of hydrogen-bond acceptors (Lipinski definition) is 6. The molecule has 0 aromatic heterocycles. The van der Waals surface area contributed by atoms with E-state index in [1.165, 1.54) is 25.5 Å². The molecule has 7 nitrogen and oxygen atoms in total. The minimum absolute atomic E-state index is 0.0110. The molecule has 134 valence electrons. The summed E-state index contributed by atoms with van der Waals surface area (Å²) in [5.41, 5.74) is 1.41. The Labute approximate surface area is 164 Å². The van der Waals surface area contributed by atoms with Crippen LogP contribution >= 0.6 is 22.6 Å². The van der Waals surface area contributed by atoms with Gasteiger partial charge >= 0.3 is 0 Å². The number of oxime groups is 1. The summed E-state index contributed by atoms with van der Waals surface area (Å²) in [6.07, 6.45) is 6.73. The van der Waals surface area contributed by atoms with Gasteiger partial charge in [0.05, 0.1) is 21.8 Å². The largest absolute Gasteiger partial charge is 0.493 e. The summed E-state index contributed by atoms with van der Waals surface area (Å²) in [5.74, 6) is 3.51. The SMILES string of the molecule is C#CCOc1c(I)cc(/C=N\OCc2cccc([N+](=O)[O-])c2)cc1OC. The summed E-state index contributed by atoms with van der Waals surface area (Å²) in [6, 6.07) is 9.78. The van der Waals surface area contributed by atoms with Crippen LogP contribution in [0.2, 0.25) is 0 Å². The van der Waals surface area contributed by atoms with Crippen molar-refractivity contribution in [2.75, 3.05) is 13.7 Å². The molecule has 0 aliphatic rings. The Kier molecular flexibility index (Phi) is 7.23. The summed E-state index contributed by atoms with van der Waals surface area (Å²) >= 11 is 2.11. The number of benzene rings is 2. The van der Waals surface area contributed by atoms with Crippen LogP contribution in [0.25, 0.3) is 0 Å². The van der Waals surface area contributed by atoms with E-state index in [0.717, 1.165) is 9.13 Å². The summed E-state index contributed by atoms with van der Waals surface area (Å²) in [6.45, 7) is 0.266. The van der Waals surface area contributed by atoms with Crippen LogP contribution in [0.15, 0.2) is 41.6 Å². The Morgan fingerprint density at radius 2 is 2.19 bits per heavy atom. The molecule has 2 rings (SSSR count). The third-order valence-electron chi connectivity index (χ3n) is 3.18. The van der Waals surface area contributed by atoms with Crippen molar-refractivity contribution in [3.05, 3.63) is 61.2 Å². The van der Waals surface area contributed by atoms with Gasteiger partial charge in [0.15, 0.2) is 11.5 Å². The van der Waals surface area contributed by atoms with Crippen molar-refractivity contribution in [3.8, 4) is 23.8 Å². The predicted molar refractivity (Wildman–Crippen MR) is 106 cm³/mol. The van der Waals surface area contributed by atoms with Crippen LogP contribution in [0, 0.1) is 26.0 Å². The maximum absolute atomic E-state index is 10.8. The molecule has 0 spiro atoms. The van der Waals surface area contributed by atoms with Gasteiger partial charge < -0.3 is 14.3 Å². The second-order valence-electron chi connectivity index (χ2n) is 4.96. The standard InChI is InChI=1S/C18H15IN2O5/c1-3-7-25-18-16(19)9-14(10-17(18)24-2)11-20-26-12-13-5-4-6-15(8-13)21(22)23/h1,4-6,8-11H,7,12H2,2H3/b20-11-. The minimum Gasteiger partial charge on any atom is -0.493 e. The number of terminal acetylenes is 1. The van der Waals surface area contributed by atoms with E-state index in [1.807, 2.05) is 6.07 Å². The first-order valence-corrected chi connectivity index (χ1v) is 8.45. The molecule has 0 saturated heterocycles. The lowest BCUT2D eigenvalue weighted by Crippen LogP contribution is -2.00. The molecule has 26 heavy (non-hydrogen) atoms. The fourth-order valence-corrected chi connectivity index (χ4v) is 2.82. The van der Waals surface area contributed by atoms with Crippen LogP contribution in [-0.2, 0) is 11.4 Å². The molecule has 0 radical (unpaired) electrons. The summed E-state index contributed by atoms with van der Waals surface area (Å²) in [4.78, 5) is 15.5. The summed E-state index contributed by atoms with van der Waals surface area (Å²) in [5, 5.41) is 14.6. The number of ether oxygens (including phenoxy) is 2. The van der Waals surface area contributed by atoms with Crippen molar-refractivity contribution in [2.45, 2.75) is 6.61 Å². The molecule has 0 heterocycles. The summed E-state index contributed by atoms with van der Waals surface area (Å²) < 4.78 is 11.6. The van der Waals surface area contributed by atoms with Crippen LogP contribution in [0.3, 0.4) is 0 Å². The lowest BCUT2D eigenvalue weighted by Gasteiger charge is -2.11. The highest BCUT2D eigenvalue weighted by Crippen LogP contribution is 2.33. The van der Waals surface area contributed by atoms with Gasteiger partial charge in [-0.3, -0.25) is 10.1 Å². The zero-order chi connectivity index (χ0) is 18.9. The van der Waals surface area contributed by atoms with Crippen LogP contribution in [0.4, 0.5) is 5.69 Å². The zero-order valence-electron chi connectivity index (χ0n) is 13.8. The van der Waals surface area contributed by atoms with Crippen molar-refractivity contribution in [2.24, 2.45) is 5.16 Å². The molecule has 2 aromatic carbocycles. The van der Waals surface area contributed by atoms with Gasteiger partial charge in [-0.2, -0.15) is 0 Å². The highest BCUT2D eigenvalue weighted by atomic mass is 127. The number of nitro groups is 1. The van der Waals surface area contributed by atoms with E-state index in [2.05, 4.69) is 33.7 Å². The molecule has 0 amide bonds. The number of nitrogens with zero attached hydrogens (tertiary/aromatic N) is 2. The van der Waals surface area contributed by atoms with Gasteiger partial charge in [0.25, 0.3) is 5.69 Å². The summed E-state index contributed by atoms with van der Waals surface area (Å²) in [7, 11) is 1.54. The zero-order valence-corrected chi connectivity index (χ0v) is 16.0. The maximum Gasteiger partial charge on any atom is 0.269 e. The second-order valence-corrected chi connectivity index (χ2v) is 6.12. The Morgan fingerprint density at radius 1 is 1.38 bits per heavy atom. The van der Waals surface area contributed by atoms with Crippen molar-refractivity contribution >= 4 is 34.5 Å². The third kappa shape index (κ3) is 5.35.